The Balaban J connectivity index is -0.00000000167. The quantitative estimate of drug-likeness (QED) is 0.475. The monoisotopic (exact) mass is 166 g/mol. The first-order valence-corrected chi connectivity index (χ1v) is 0.636. The molecule has 0 rings (SSSR count). The van der Waals surface area contributed by atoms with Gasteiger partial charge in [0, 0.05) is 29.6 Å². The molecule has 0 aliphatic carbocycles. The first-order chi connectivity index (χ1) is 1.00. The molecule has 0 spiro atoms. The summed E-state index contributed by atoms with van der Waals surface area (Å²) in [6.07, 6.45) is 0. The second-order valence-corrected chi connectivity index (χ2v) is 0. The summed E-state index contributed by atoms with van der Waals surface area (Å²) in [4.78, 5) is 0. The van der Waals surface area contributed by atoms with Gasteiger partial charge in [-0.05, 0) is 0 Å². The van der Waals surface area contributed by atoms with Crippen molar-refractivity contribution in [3.05, 3.63) is 0 Å². The Hall–Kier alpha value is 1.90. The average Bonchev–Trinajstić information content (AvgIpc) is 1.00. The van der Waals surface area contributed by atoms with Crippen LogP contribution in [-0.4, -0.2) is 29.6 Å². The molecule has 0 N–H and O–H groups in total. The van der Waals surface area contributed by atoms with E-state index in [0.29, 0.717) is 0 Å². The molecule has 0 aromatic carbocycles. The van der Waals surface area contributed by atoms with Crippen molar-refractivity contribution < 1.29 is 19.8 Å². The summed E-state index contributed by atoms with van der Waals surface area (Å²) < 4.78 is 8.06. The van der Waals surface area contributed by atoms with Crippen molar-refractivity contribution in [2.75, 3.05) is 0 Å². The second-order valence-electron chi connectivity index (χ2n) is 0. The number of rotatable bonds is 0. The third-order valence-corrected chi connectivity index (χ3v) is 0. The standard InChI is InChI=1S/2ClH.Mn.Na.O/h2*1H;;;. The van der Waals surface area contributed by atoms with E-state index in [9.17, 15) is 0 Å². The SMILES string of the molecule is Cl.Cl.[Na].[O]=[Mn]. The van der Waals surface area contributed by atoms with Gasteiger partial charge < -0.3 is 0 Å². The zero-order chi connectivity index (χ0) is 2.00. The van der Waals surface area contributed by atoms with E-state index < -0.39 is 0 Å². The molecule has 0 fully saturated rings. The van der Waals surface area contributed by atoms with Crippen LogP contribution in [0.25, 0.3) is 0 Å². The van der Waals surface area contributed by atoms with Gasteiger partial charge in [0.25, 0.3) is 0 Å². The van der Waals surface area contributed by atoms with Gasteiger partial charge in [0.15, 0.2) is 0 Å². The predicted octanol–water partition coefficient (Wildman–Crippen LogP) is 0.341. The summed E-state index contributed by atoms with van der Waals surface area (Å²) in [5.41, 5.74) is 0. The van der Waals surface area contributed by atoms with E-state index in [0.717, 1.165) is 0 Å². The number of hydrogen-bond donors (Lipinski definition) is 0. The molecule has 0 aliphatic heterocycles. The summed E-state index contributed by atoms with van der Waals surface area (Å²) in [6.45, 7) is 0. The van der Waals surface area contributed by atoms with Crippen LogP contribution in [0.5, 0.6) is 0 Å². The van der Waals surface area contributed by atoms with Gasteiger partial charge in [0.1, 0.15) is 0 Å². The maximum absolute atomic E-state index is 8.06. The molecule has 1 radical (unpaired) electrons. The van der Waals surface area contributed by atoms with Gasteiger partial charge >= 0.3 is 19.8 Å². The summed E-state index contributed by atoms with van der Waals surface area (Å²) in [5.74, 6) is 0. The van der Waals surface area contributed by atoms with Gasteiger partial charge in [-0.25, -0.2) is 0 Å². The van der Waals surface area contributed by atoms with Gasteiger partial charge in [-0.1, -0.05) is 0 Å². The fraction of sp³-hybridized carbons (Fsp3) is 0. The molecular weight excluding hydrogens is 165 g/mol. The van der Waals surface area contributed by atoms with Crippen LogP contribution in [0.1, 0.15) is 0 Å². The summed E-state index contributed by atoms with van der Waals surface area (Å²) in [7, 11) is 0. The van der Waals surface area contributed by atoms with Gasteiger partial charge in [-0.3, -0.25) is 0 Å². The Morgan fingerprint density at radius 3 is 1.00 bits per heavy atom. The van der Waals surface area contributed by atoms with Crippen LogP contribution >= 0.6 is 24.8 Å². The van der Waals surface area contributed by atoms with Gasteiger partial charge in [0.2, 0.25) is 0 Å². The number of halogens is 2. The minimum atomic E-state index is 0. The van der Waals surface area contributed by atoms with E-state index in [4.69, 9.17) is 3.83 Å². The molecule has 5 heavy (non-hydrogen) atoms. The molecule has 0 aliphatic rings. The van der Waals surface area contributed by atoms with Crippen LogP contribution in [-0.2, 0) is 19.8 Å². The summed E-state index contributed by atoms with van der Waals surface area (Å²) in [5, 5.41) is 0. The van der Waals surface area contributed by atoms with E-state index in [1.54, 1.807) is 15.9 Å². The Labute approximate surface area is 73.4 Å². The van der Waals surface area contributed by atoms with Crippen molar-refractivity contribution in [3.63, 3.8) is 0 Å². The molecule has 5 heteroatoms. The third kappa shape index (κ3) is 24.9. The molecule has 1 nitrogen and oxygen atoms in total. The topological polar surface area (TPSA) is 17.1 Å². The zero-order valence-corrected chi connectivity index (χ0v) is 7.42. The molecule has 0 aromatic rings. The summed E-state index contributed by atoms with van der Waals surface area (Å²) in [6, 6.07) is 0. The molecule has 0 saturated carbocycles. The fourth-order valence-corrected chi connectivity index (χ4v) is 0. The van der Waals surface area contributed by atoms with Crippen LogP contribution in [0.15, 0.2) is 0 Å². The molecular formula is H2Cl2MnNaO. The van der Waals surface area contributed by atoms with E-state index >= 15 is 0 Å². The van der Waals surface area contributed by atoms with Crippen LogP contribution in [0.4, 0.5) is 0 Å². The van der Waals surface area contributed by atoms with Gasteiger partial charge in [-0.2, -0.15) is 0 Å². The molecule has 0 aromatic heterocycles. The van der Waals surface area contributed by atoms with Crippen LogP contribution < -0.4 is 0 Å². The van der Waals surface area contributed by atoms with E-state index in [1.165, 1.54) is 0 Å². The van der Waals surface area contributed by atoms with Crippen LogP contribution in [0, 0.1) is 0 Å². The maximum atomic E-state index is 8.06. The molecule has 0 unspecified atom stereocenters. The molecule has 30 valence electrons. The first-order valence-electron chi connectivity index (χ1n) is 0.154. The van der Waals surface area contributed by atoms with Crippen molar-refractivity contribution in [1.82, 2.24) is 0 Å². The van der Waals surface area contributed by atoms with Gasteiger partial charge in [0.05, 0.1) is 0 Å². The minimum absolute atomic E-state index is 0. The fourth-order valence-electron chi connectivity index (χ4n) is 0. The van der Waals surface area contributed by atoms with E-state index in [2.05, 4.69) is 0 Å². The van der Waals surface area contributed by atoms with Crippen molar-refractivity contribution >= 4 is 54.4 Å². The normalized spacial score (nSPS) is 0.800. The van der Waals surface area contributed by atoms with Crippen molar-refractivity contribution in [2.24, 2.45) is 0 Å². The van der Waals surface area contributed by atoms with Crippen LogP contribution in [0.3, 0.4) is 0 Å². The number of hydrogen-bond acceptors (Lipinski definition) is 1. The first kappa shape index (κ1) is 28.6. The van der Waals surface area contributed by atoms with E-state index in [-0.39, 0.29) is 54.4 Å². The van der Waals surface area contributed by atoms with E-state index in [1.807, 2.05) is 0 Å². The second kappa shape index (κ2) is 39.3. The molecule has 0 amide bonds. The zero-order valence-electron chi connectivity index (χ0n) is 2.60. The van der Waals surface area contributed by atoms with Gasteiger partial charge in [-0.15, -0.1) is 24.8 Å². The van der Waals surface area contributed by atoms with Crippen LogP contribution in [0.2, 0.25) is 0 Å². The summed E-state index contributed by atoms with van der Waals surface area (Å²) >= 11 is 1.69. The average molecular weight is 167 g/mol. The molecule has 0 heterocycles. The van der Waals surface area contributed by atoms with Crippen molar-refractivity contribution in [3.8, 4) is 0 Å². The van der Waals surface area contributed by atoms with Crippen molar-refractivity contribution in [1.29, 1.82) is 0 Å². The Morgan fingerprint density at radius 1 is 1.00 bits per heavy atom. The Kier molecular flexibility index (Phi) is 224. The molecule has 0 bridgehead atoms. The molecule has 0 atom stereocenters. The third-order valence-electron chi connectivity index (χ3n) is 0. The Bertz CT molecular complexity index is 9.61. The Morgan fingerprint density at radius 2 is 1.00 bits per heavy atom. The van der Waals surface area contributed by atoms with Crippen molar-refractivity contribution in [2.45, 2.75) is 0 Å². The predicted molar refractivity (Wildman–Crippen MR) is 20.9 cm³/mol. The molecule has 0 saturated heterocycles.